The van der Waals surface area contributed by atoms with E-state index in [0.717, 1.165) is 18.9 Å². The summed E-state index contributed by atoms with van der Waals surface area (Å²) in [6, 6.07) is 9.13. The molecule has 1 saturated heterocycles. The van der Waals surface area contributed by atoms with Gasteiger partial charge in [-0.3, -0.25) is 9.78 Å². The van der Waals surface area contributed by atoms with Crippen molar-refractivity contribution < 1.29 is 4.79 Å². The van der Waals surface area contributed by atoms with E-state index in [-0.39, 0.29) is 5.91 Å². The molecule has 3 rings (SSSR count). The summed E-state index contributed by atoms with van der Waals surface area (Å²) in [6.07, 6.45) is 4.83. The molecule has 1 aliphatic rings. The first-order valence-corrected chi connectivity index (χ1v) is 7.08. The lowest BCUT2D eigenvalue weighted by Crippen LogP contribution is -2.49. The molecule has 0 saturated carbocycles. The average Bonchev–Trinajstić information content (AvgIpc) is 2.62. The number of rotatable bonds is 2. The van der Waals surface area contributed by atoms with E-state index in [1.807, 2.05) is 11.0 Å². The quantitative estimate of drug-likeness (QED) is 0.834. The van der Waals surface area contributed by atoms with Crippen LogP contribution in [0.5, 0.6) is 0 Å². The normalized spacial score (nSPS) is 14.5. The Kier molecular flexibility index (Phi) is 3.97. The summed E-state index contributed by atoms with van der Waals surface area (Å²) in [5, 5.41) is 8.79. The minimum Gasteiger partial charge on any atom is -0.353 e. The maximum atomic E-state index is 12.4. The van der Waals surface area contributed by atoms with Crippen LogP contribution in [0.3, 0.4) is 0 Å². The molecule has 22 heavy (non-hydrogen) atoms. The molecule has 0 aliphatic carbocycles. The van der Waals surface area contributed by atoms with E-state index >= 15 is 0 Å². The lowest BCUT2D eigenvalue weighted by Gasteiger charge is -2.35. The summed E-state index contributed by atoms with van der Waals surface area (Å²) in [6.45, 7) is 2.77. The highest BCUT2D eigenvalue weighted by Gasteiger charge is 2.22. The Labute approximate surface area is 128 Å². The molecule has 2 aromatic heterocycles. The SMILES string of the molecule is N#Cc1ccc(N2CCN(C(=O)c3ccncc3)CC2)nc1. The monoisotopic (exact) mass is 293 g/mol. The average molecular weight is 293 g/mol. The fourth-order valence-corrected chi connectivity index (χ4v) is 2.45. The maximum Gasteiger partial charge on any atom is 0.254 e. The molecule has 0 bridgehead atoms. The predicted octanol–water partition coefficient (Wildman–Crippen LogP) is 1.31. The molecule has 0 radical (unpaired) electrons. The summed E-state index contributed by atoms with van der Waals surface area (Å²) in [5.74, 6) is 0.879. The summed E-state index contributed by atoms with van der Waals surface area (Å²) >= 11 is 0. The highest BCUT2D eigenvalue weighted by molar-refractivity contribution is 5.94. The van der Waals surface area contributed by atoms with Crippen LogP contribution in [0.2, 0.25) is 0 Å². The minimum absolute atomic E-state index is 0.0369. The van der Waals surface area contributed by atoms with Crippen LogP contribution >= 0.6 is 0 Å². The van der Waals surface area contributed by atoms with E-state index in [1.165, 1.54) is 0 Å². The second kappa shape index (κ2) is 6.22. The lowest BCUT2D eigenvalue weighted by atomic mass is 10.2. The zero-order valence-corrected chi connectivity index (χ0v) is 12.0. The second-order valence-electron chi connectivity index (χ2n) is 5.03. The Bertz CT molecular complexity index is 685. The van der Waals surface area contributed by atoms with Crippen molar-refractivity contribution in [3.8, 4) is 6.07 Å². The molecular formula is C16H15N5O. The molecule has 110 valence electrons. The molecular weight excluding hydrogens is 278 g/mol. The number of anilines is 1. The third-order valence-electron chi connectivity index (χ3n) is 3.70. The van der Waals surface area contributed by atoms with Gasteiger partial charge in [0, 0.05) is 50.3 Å². The topological polar surface area (TPSA) is 73.1 Å². The lowest BCUT2D eigenvalue weighted by molar-refractivity contribution is 0.0746. The molecule has 1 aliphatic heterocycles. The van der Waals surface area contributed by atoms with Gasteiger partial charge in [-0.2, -0.15) is 5.26 Å². The van der Waals surface area contributed by atoms with Crippen molar-refractivity contribution >= 4 is 11.7 Å². The summed E-state index contributed by atoms with van der Waals surface area (Å²) < 4.78 is 0. The summed E-state index contributed by atoms with van der Waals surface area (Å²) in [5.41, 5.74) is 1.22. The molecule has 0 spiro atoms. The van der Waals surface area contributed by atoms with Crippen LogP contribution in [0.1, 0.15) is 15.9 Å². The standard InChI is InChI=1S/C16H15N5O/c17-11-13-1-2-15(19-12-13)20-7-9-21(10-8-20)16(22)14-3-5-18-6-4-14/h1-6,12H,7-10H2. The van der Waals surface area contributed by atoms with Gasteiger partial charge >= 0.3 is 0 Å². The third kappa shape index (κ3) is 2.88. The number of piperazine rings is 1. The van der Waals surface area contributed by atoms with Crippen LogP contribution in [-0.2, 0) is 0 Å². The van der Waals surface area contributed by atoms with Crippen molar-refractivity contribution in [2.45, 2.75) is 0 Å². The molecule has 0 unspecified atom stereocenters. The van der Waals surface area contributed by atoms with E-state index in [9.17, 15) is 4.79 Å². The Morgan fingerprint density at radius 3 is 2.41 bits per heavy atom. The van der Waals surface area contributed by atoms with Gasteiger partial charge in [0.2, 0.25) is 0 Å². The molecule has 6 nitrogen and oxygen atoms in total. The summed E-state index contributed by atoms with van der Waals surface area (Å²) in [4.78, 5) is 24.5. The largest absolute Gasteiger partial charge is 0.353 e. The number of pyridine rings is 2. The Balaban J connectivity index is 1.62. The zero-order valence-electron chi connectivity index (χ0n) is 12.0. The first kappa shape index (κ1) is 14.0. The van der Waals surface area contributed by atoms with Gasteiger partial charge < -0.3 is 9.80 Å². The molecule has 0 aromatic carbocycles. The van der Waals surface area contributed by atoms with Crippen molar-refractivity contribution in [3.63, 3.8) is 0 Å². The van der Waals surface area contributed by atoms with Crippen LogP contribution in [0.25, 0.3) is 0 Å². The highest BCUT2D eigenvalue weighted by atomic mass is 16.2. The Morgan fingerprint density at radius 2 is 1.82 bits per heavy atom. The van der Waals surface area contributed by atoms with Crippen molar-refractivity contribution in [2.24, 2.45) is 0 Å². The molecule has 0 atom stereocenters. The van der Waals surface area contributed by atoms with Gasteiger partial charge in [0.1, 0.15) is 11.9 Å². The number of nitriles is 1. The van der Waals surface area contributed by atoms with E-state index in [1.54, 1.807) is 36.8 Å². The van der Waals surface area contributed by atoms with Crippen molar-refractivity contribution in [3.05, 3.63) is 54.0 Å². The van der Waals surface area contributed by atoms with Crippen LogP contribution < -0.4 is 4.90 Å². The van der Waals surface area contributed by atoms with E-state index in [0.29, 0.717) is 24.2 Å². The van der Waals surface area contributed by atoms with Crippen molar-refractivity contribution in [1.82, 2.24) is 14.9 Å². The van der Waals surface area contributed by atoms with Gasteiger partial charge in [-0.25, -0.2) is 4.98 Å². The molecule has 6 heteroatoms. The zero-order chi connectivity index (χ0) is 15.4. The van der Waals surface area contributed by atoms with Gasteiger partial charge in [0.25, 0.3) is 5.91 Å². The van der Waals surface area contributed by atoms with Crippen LogP contribution in [0.15, 0.2) is 42.9 Å². The number of nitrogens with zero attached hydrogens (tertiary/aromatic N) is 5. The minimum atomic E-state index is 0.0369. The van der Waals surface area contributed by atoms with E-state index in [2.05, 4.69) is 20.9 Å². The van der Waals surface area contributed by atoms with Crippen LogP contribution in [0, 0.1) is 11.3 Å². The Morgan fingerprint density at radius 1 is 1.09 bits per heavy atom. The predicted molar refractivity (Wildman–Crippen MR) is 81.3 cm³/mol. The van der Waals surface area contributed by atoms with Gasteiger partial charge in [-0.15, -0.1) is 0 Å². The molecule has 3 heterocycles. The number of hydrogen-bond donors (Lipinski definition) is 0. The number of aromatic nitrogens is 2. The van der Waals surface area contributed by atoms with Crippen molar-refractivity contribution in [2.75, 3.05) is 31.1 Å². The molecule has 1 fully saturated rings. The van der Waals surface area contributed by atoms with Crippen LogP contribution in [-0.4, -0.2) is 47.0 Å². The molecule has 0 N–H and O–H groups in total. The summed E-state index contributed by atoms with van der Waals surface area (Å²) in [7, 11) is 0. The number of hydrogen-bond acceptors (Lipinski definition) is 5. The van der Waals surface area contributed by atoms with E-state index in [4.69, 9.17) is 5.26 Å². The number of carbonyl (C=O) groups is 1. The van der Waals surface area contributed by atoms with Gasteiger partial charge in [-0.05, 0) is 24.3 Å². The van der Waals surface area contributed by atoms with E-state index < -0.39 is 0 Å². The smallest absolute Gasteiger partial charge is 0.254 e. The highest BCUT2D eigenvalue weighted by Crippen LogP contribution is 2.15. The van der Waals surface area contributed by atoms with Crippen molar-refractivity contribution in [1.29, 1.82) is 5.26 Å². The third-order valence-corrected chi connectivity index (χ3v) is 3.70. The fourth-order valence-electron chi connectivity index (χ4n) is 2.45. The fraction of sp³-hybridized carbons (Fsp3) is 0.250. The maximum absolute atomic E-state index is 12.4. The van der Waals surface area contributed by atoms with Gasteiger partial charge in [-0.1, -0.05) is 0 Å². The van der Waals surface area contributed by atoms with Gasteiger partial charge in [0.15, 0.2) is 0 Å². The van der Waals surface area contributed by atoms with Gasteiger partial charge in [0.05, 0.1) is 5.56 Å². The number of carbonyl (C=O) groups excluding carboxylic acids is 1. The van der Waals surface area contributed by atoms with Crippen LogP contribution in [0.4, 0.5) is 5.82 Å². The first-order valence-electron chi connectivity index (χ1n) is 7.08. The molecule has 1 amide bonds. The number of amides is 1. The Hall–Kier alpha value is -2.94. The second-order valence-corrected chi connectivity index (χ2v) is 5.03. The first-order chi connectivity index (χ1) is 10.8. The molecule has 2 aromatic rings.